The predicted molar refractivity (Wildman–Crippen MR) is 79.1 cm³/mol. The molecule has 0 aromatic heterocycles. The van der Waals surface area contributed by atoms with Gasteiger partial charge >= 0.3 is 0 Å². The van der Waals surface area contributed by atoms with Crippen LogP contribution in [0.2, 0.25) is 0 Å². The van der Waals surface area contributed by atoms with Gasteiger partial charge in [0.2, 0.25) is 0 Å². The molecule has 1 N–H and O–H groups in total. The predicted octanol–water partition coefficient (Wildman–Crippen LogP) is 3.91. The smallest absolute Gasteiger partial charge is 0.106 e. The summed E-state index contributed by atoms with van der Waals surface area (Å²) in [6.45, 7) is 0.731. The van der Waals surface area contributed by atoms with Crippen molar-refractivity contribution < 1.29 is 0 Å². The van der Waals surface area contributed by atoms with E-state index in [1.807, 2.05) is 48.5 Å². The molecule has 2 aromatic rings. The van der Waals surface area contributed by atoms with Gasteiger partial charge in [0.05, 0.1) is 0 Å². The molecule has 0 atom stereocenters. The van der Waals surface area contributed by atoms with Crippen LogP contribution in [0.15, 0.2) is 59.1 Å². The van der Waals surface area contributed by atoms with Crippen LogP contribution >= 0.6 is 28.1 Å². The van der Waals surface area contributed by atoms with Crippen LogP contribution < -0.4 is 5.32 Å². The number of hydrogen-bond acceptors (Lipinski definition) is 1. The fraction of sp³-hybridized carbons (Fsp3) is 0.0714. The van der Waals surface area contributed by atoms with Gasteiger partial charge in [0.1, 0.15) is 4.99 Å². The van der Waals surface area contributed by atoms with Crippen LogP contribution in [0.4, 0.5) is 0 Å². The monoisotopic (exact) mass is 305 g/mol. The first-order valence-electron chi connectivity index (χ1n) is 5.34. The second-order valence-corrected chi connectivity index (χ2v) is 4.90. The molecule has 0 saturated carbocycles. The van der Waals surface area contributed by atoms with Gasteiger partial charge in [-0.2, -0.15) is 0 Å². The summed E-state index contributed by atoms with van der Waals surface area (Å²) in [4.78, 5) is 0.779. The molecule has 0 aliphatic rings. The number of halogens is 1. The van der Waals surface area contributed by atoms with Gasteiger partial charge in [0.25, 0.3) is 0 Å². The summed E-state index contributed by atoms with van der Waals surface area (Å²) in [5, 5.41) is 3.26. The molecule has 0 aliphatic carbocycles. The molecular formula is C14H12BrNS. The Morgan fingerprint density at radius 3 is 2.35 bits per heavy atom. The van der Waals surface area contributed by atoms with Gasteiger partial charge in [-0.15, -0.1) is 0 Å². The minimum atomic E-state index is 0.731. The first-order valence-corrected chi connectivity index (χ1v) is 6.54. The molecule has 0 heterocycles. The van der Waals surface area contributed by atoms with E-state index in [2.05, 4.69) is 27.3 Å². The highest BCUT2D eigenvalue weighted by molar-refractivity contribution is 9.10. The van der Waals surface area contributed by atoms with E-state index in [1.54, 1.807) is 0 Å². The van der Waals surface area contributed by atoms with E-state index >= 15 is 0 Å². The third-order valence-electron chi connectivity index (χ3n) is 2.43. The zero-order chi connectivity index (χ0) is 12.1. The lowest BCUT2D eigenvalue weighted by Crippen LogP contribution is -2.21. The summed E-state index contributed by atoms with van der Waals surface area (Å²) in [6, 6.07) is 18.1. The van der Waals surface area contributed by atoms with Crippen molar-refractivity contribution in [1.82, 2.24) is 5.32 Å². The van der Waals surface area contributed by atoms with E-state index in [4.69, 9.17) is 12.2 Å². The first kappa shape index (κ1) is 12.3. The van der Waals surface area contributed by atoms with Crippen molar-refractivity contribution in [2.24, 2.45) is 0 Å². The molecule has 2 aromatic carbocycles. The Hall–Kier alpha value is -1.19. The Kier molecular flexibility index (Phi) is 4.29. The highest BCUT2D eigenvalue weighted by Gasteiger charge is 2.01. The fourth-order valence-electron chi connectivity index (χ4n) is 1.51. The van der Waals surface area contributed by atoms with Gasteiger partial charge in [0.15, 0.2) is 0 Å². The highest BCUT2D eigenvalue weighted by atomic mass is 79.9. The van der Waals surface area contributed by atoms with Crippen LogP contribution in [0.25, 0.3) is 0 Å². The van der Waals surface area contributed by atoms with Gasteiger partial charge in [-0.05, 0) is 11.6 Å². The summed E-state index contributed by atoms with van der Waals surface area (Å²) in [5.41, 5.74) is 2.25. The summed E-state index contributed by atoms with van der Waals surface area (Å²) in [7, 11) is 0. The number of rotatable bonds is 3. The second-order valence-electron chi connectivity index (χ2n) is 3.64. The molecule has 0 unspecified atom stereocenters. The maximum absolute atomic E-state index is 5.34. The Bertz CT molecular complexity index is 511. The highest BCUT2D eigenvalue weighted by Crippen LogP contribution is 2.15. The van der Waals surface area contributed by atoms with E-state index in [0.717, 1.165) is 21.6 Å². The number of benzene rings is 2. The number of thiocarbonyl (C=S) groups is 1. The van der Waals surface area contributed by atoms with Crippen LogP contribution in [0, 0.1) is 0 Å². The van der Waals surface area contributed by atoms with E-state index in [0.29, 0.717) is 0 Å². The van der Waals surface area contributed by atoms with E-state index in [1.165, 1.54) is 5.56 Å². The molecule has 0 amide bonds. The zero-order valence-electron chi connectivity index (χ0n) is 9.19. The molecule has 3 heteroatoms. The molecule has 0 saturated heterocycles. The van der Waals surface area contributed by atoms with Crippen LogP contribution in [0.3, 0.4) is 0 Å². The molecule has 2 rings (SSSR count). The van der Waals surface area contributed by atoms with Gasteiger partial charge in [0, 0.05) is 16.6 Å². The Labute approximate surface area is 115 Å². The maximum atomic E-state index is 5.34. The molecular weight excluding hydrogens is 294 g/mol. The Morgan fingerprint density at radius 1 is 1.00 bits per heavy atom. The normalized spacial score (nSPS) is 9.94. The first-order chi connectivity index (χ1) is 8.27. The minimum Gasteiger partial charge on any atom is -0.372 e. The number of nitrogens with one attached hydrogen (secondary N) is 1. The molecule has 0 spiro atoms. The quantitative estimate of drug-likeness (QED) is 0.863. The molecule has 0 fully saturated rings. The summed E-state index contributed by atoms with van der Waals surface area (Å²) in [5.74, 6) is 0. The maximum Gasteiger partial charge on any atom is 0.106 e. The van der Waals surface area contributed by atoms with Gasteiger partial charge in [-0.25, -0.2) is 0 Å². The third kappa shape index (κ3) is 3.38. The van der Waals surface area contributed by atoms with Crippen molar-refractivity contribution in [3.63, 3.8) is 0 Å². The molecule has 0 aliphatic heterocycles. The van der Waals surface area contributed by atoms with Crippen molar-refractivity contribution >= 4 is 33.1 Å². The standard InChI is InChI=1S/C14H12BrNS/c15-13-9-5-4-8-12(13)10-16-14(17)11-6-2-1-3-7-11/h1-9H,10H2,(H,16,17). The lowest BCUT2D eigenvalue weighted by Gasteiger charge is -2.09. The van der Waals surface area contributed by atoms with Crippen molar-refractivity contribution in [3.05, 3.63) is 70.2 Å². The molecule has 17 heavy (non-hydrogen) atoms. The van der Waals surface area contributed by atoms with Crippen LogP contribution in [0.5, 0.6) is 0 Å². The molecule has 0 bridgehead atoms. The molecule has 86 valence electrons. The topological polar surface area (TPSA) is 12.0 Å². The Balaban J connectivity index is 2.00. The van der Waals surface area contributed by atoms with Gasteiger partial charge in [-0.1, -0.05) is 76.7 Å². The largest absolute Gasteiger partial charge is 0.372 e. The second kappa shape index (κ2) is 5.94. The number of hydrogen-bond donors (Lipinski definition) is 1. The van der Waals surface area contributed by atoms with Crippen LogP contribution in [0.1, 0.15) is 11.1 Å². The minimum absolute atomic E-state index is 0.731. The van der Waals surface area contributed by atoms with E-state index < -0.39 is 0 Å². The van der Waals surface area contributed by atoms with Crippen molar-refractivity contribution in [2.75, 3.05) is 0 Å². The Morgan fingerprint density at radius 2 is 1.65 bits per heavy atom. The van der Waals surface area contributed by atoms with Gasteiger partial charge < -0.3 is 5.32 Å². The lowest BCUT2D eigenvalue weighted by molar-refractivity contribution is 0.923. The average Bonchev–Trinajstić information content (AvgIpc) is 2.38. The fourth-order valence-corrected chi connectivity index (χ4v) is 2.14. The van der Waals surface area contributed by atoms with Gasteiger partial charge in [-0.3, -0.25) is 0 Å². The summed E-state index contributed by atoms with van der Waals surface area (Å²) < 4.78 is 1.10. The average molecular weight is 306 g/mol. The third-order valence-corrected chi connectivity index (χ3v) is 3.59. The summed E-state index contributed by atoms with van der Waals surface area (Å²) >= 11 is 8.86. The molecule has 0 radical (unpaired) electrons. The van der Waals surface area contributed by atoms with Crippen molar-refractivity contribution in [1.29, 1.82) is 0 Å². The zero-order valence-corrected chi connectivity index (χ0v) is 11.6. The van der Waals surface area contributed by atoms with Crippen LogP contribution in [-0.2, 0) is 6.54 Å². The van der Waals surface area contributed by atoms with E-state index in [9.17, 15) is 0 Å². The van der Waals surface area contributed by atoms with Crippen molar-refractivity contribution in [3.8, 4) is 0 Å². The van der Waals surface area contributed by atoms with Crippen molar-refractivity contribution in [2.45, 2.75) is 6.54 Å². The van der Waals surface area contributed by atoms with E-state index in [-0.39, 0.29) is 0 Å². The summed E-state index contributed by atoms with van der Waals surface area (Å²) in [6.07, 6.45) is 0. The lowest BCUT2D eigenvalue weighted by atomic mass is 10.2. The SMILES string of the molecule is S=C(NCc1ccccc1Br)c1ccccc1. The molecule has 1 nitrogen and oxygen atoms in total. The van der Waals surface area contributed by atoms with Crippen LogP contribution in [-0.4, -0.2) is 4.99 Å².